The first-order valence-electron chi connectivity index (χ1n) is 9.44. The molecule has 2 heterocycles. The Kier molecular flexibility index (Phi) is 7.10. The van der Waals surface area contributed by atoms with Crippen LogP contribution in [-0.4, -0.2) is 35.4 Å². The lowest BCUT2D eigenvalue weighted by Gasteiger charge is -2.16. The Hall–Kier alpha value is -2.33. The van der Waals surface area contributed by atoms with E-state index in [4.69, 9.17) is 37.8 Å². The zero-order chi connectivity index (χ0) is 22.8. The van der Waals surface area contributed by atoms with Crippen LogP contribution >= 0.6 is 23.2 Å². The Labute approximate surface area is 189 Å². The van der Waals surface area contributed by atoms with Crippen molar-refractivity contribution in [3.63, 3.8) is 0 Å². The number of rotatable bonds is 8. The van der Waals surface area contributed by atoms with E-state index in [9.17, 15) is 9.18 Å². The van der Waals surface area contributed by atoms with Crippen LogP contribution in [0.5, 0.6) is 11.5 Å². The fourth-order valence-electron chi connectivity index (χ4n) is 2.80. The lowest BCUT2D eigenvalue weighted by atomic mass is 10.2. The van der Waals surface area contributed by atoms with Crippen molar-refractivity contribution in [2.24, 2.45) is 0 Å². The molecule has 0 radical (unpaired) electrons. The molecule has 11 heteroatoms. The first-order valence-corrected chi connectivity index (χ1v) is 13.9. The first-order chi connectivity index (χ1) is 14.6. The number of carbonyl (C=O) groups is 1. The van der Waals surface area contributed by atoms with Crippen LogP contribution in [0.25, 0.3) is 11.0 Å². The number of benzene rings is 1. The summed E-state index contributed by atoms with van der Waals surface area (Å²) in [6, 6.07) is 6.37. The lowest BCUT2D eigenvalue weighted by Crippen LogP contribution is -2.22. The van der Waals surface area contributed by atoms with Gasteiger partial charge in [-0.15, -0.1) is 0 Å². The summed E-state index contributed by atoms with van der Waals surface area (Å²) in [6.07, 6.45) is 0.165. The van der Waals surface area contributed by atoms with Crippen LogP contribution in [0.4, 0.5) is 14.9 Å². The molecule has 0 atom stereocenters. The second-order valence-corrected chi connectivity index (χ2v) is 14.4. The summed E-state index contributed by atoms with van der Waals surface area (Å²) in [5.74, 6) is -0.286. The van der Waals surface area contributed by atoms with E-state index in [0.717, 1.165) is 12.1 Å². The number of hydrogen-bond acceptors (Lipinski definition) is 4. The number of nitrogens with zero attached hydrogens (tertiary/aromatic N) is 2. The average Bonchev–Trinajstić information content (AvgIpc) is 2.92. The van der Waals surface area contributed by atoms with Gasteiger partial charge in [0.2, 0.25) is 0 Å². The molecule has 0 aliphatic rings. The second-order valence-electron chi connectivity index (χ2n) is 8.06. The van der Waals surface area contributed by atoms with Gasteiger partial charge in [0.1, 0.15) is 29.0 Å². The molecule has 2 N–H and O–H groups in total. The Balaban J connectivity index is 1.86. The summed E-state index contributed by atoms with van der Waals surface area (Å²) in [4.78, 5) is 15.1. The number of fused-ring (bicyclic) bond motifs is 1. The topological polar surface area (TPSA) is 85.6 Å². The van der Waals surface area contributed by atoms with Gasteiger partial charge in [0.25, 0.3) is 0 Å². The van der Waals surface area contributed by atoms with Crippen molar-refractivity contribution in [2.45, 2.75) is 32.4 Å². The Morgan fingerprint density at radius 1 is 1.29 bits per heavy atom. The fourth-order valence-corrected chi connectivity index (χ4v) is 4.06. The maximum atomic E-state index is 14.1. The molecule has 2 aromatic heterocycles. The number of ether oxygens (including phenoxy) is 2. The van der Waals surface area contributed by atoms with Crippen molar-refractivity contribution in [2.75, 3.05) is 11.9 Å². The molecule has 0 spiro atoms. The quantitative estimate of drug-likeness (QED) is 0.274. The predicted molar refractivity (Wildman–Crippen MR) is 122 cm³/mol. The van der Waals surface area contributed by atoms with Crippen LogP contribution in [0, 0.1) is 5.82 Å². The van der Waals surface area contributed by atoms with E-state index in [1.54, 1.807) is 10.6 Å². The van der Waals surface area contributed by atoms with Crippen LogP contribution in [-0.2, 0) is 11.5 Å². The minimum absolute atomic E-state index is 0.160. The normalized spacial score (nSPS) is 11.7. The number of carboxylic acid groups (broad SMARTS) is 1. The molecule has 0 aliphatic carbocycles. The highest BCUT2D eigenvalue weighted by molar-refractivity contribution is 6.76. The third-order valence-corrected chi connectivity index (χ3v) is 6.97. The number of nitrogens with one attached hydrogen (secondary N) is 1. The molecular formula is C20H22Cl2FN3O4Si. The van der Waals surface area contributed by atoms with Crippen molar-refractivity contribution in [3.05, 3.63) is 46.5 Å². The highest BCUT2D eigenvalue weighted by Gasteiger charge is 2.20. The van der Waals surface area contributed by atoms with E-state index < -0.39 is 20.0 Å². The van der Waals surface area contributed by atoms with Gasteiger partial charge < -0.3 is 14.6 Å². The molecule has 3 aromatic rings. The molecule has 1 aromatic carbocycles. The van der Waals surface area contributed by atoms with Gasteiger partial charge in [0.15, 0.2) is 5.82 Å². The van der Waals surface area contributed by atoms with Crippen molar-refractivity contribution in [3.8, 4) is 11.5 Å². The van der Waals surface area contributed by atoms with Crippen molar-refractivity contribution >= 4 is 54.1 Å². The summed E-state index contributed by atoms with van der Waals surface area (Å²) in [5, 5.41) is 11.7. The van der Waals surface area contributed by atoms with Gasteiger partial charge in [-0.1, -0.05) is 42.8 Å². The van der Waals surface area contributed by atoms with Gasteiger partial charge in [-0.3, -0.25) is 9.88 Å². The molecule has 31 heavy (non-hydrogen) atoms. The Morgan fingerprint density at radius 3 is 2.68 bits per heavy atom. The first kappa shape index (κ1) is 23.3. The molecule has 0 unspecified atom stereocenters. The minimum atomic E-state index is -1.36. The smallest absolute Gasteiger partial charge is 0.409 e. The Bertz CT molecular complexity index is 1120. The van der Waals surface area contributed by atoms with Gasteiger partial charge in [-0.25, -0.2) is 14.2 Å². The lowest BCUT2D eigenvalue weighted by molar-refractivity contribution is 0.0900. The minimum Gasteiger partial charge on any atom is -0.465 e. The average molecular weight is 486 g/mol. The highest BCUT2D eigenvalue weighted by atomic mass is 35.5. The SMILES string of the molecule is C[Si](C)(C)CCOCn1c(Cl)c(Cl)c2c(Oc3ccc(NC(=O)O)c(F)c3)ccnc21. The molecule has 166 valence electrons. The number of aromatic nitrogens is 2. The molecule has 3 rings (SSSR count). The molecular weight excluding hydrogens is 464 g/mol. The number of pyridine rings is 1. The van der Waals surface area contributed by atoms with E-state index >= 15 is 0 Å². The van der Waals surface area contributed by atoms with Crippen LogP contribution in [0.15, 0.2) is 30.5 Å². The van der Waals surface area contributed by atoms with Crippen LogP contribution in [0.2, 0.25) is 35.9 Å². The number of anilines is 1. The van der Waals surface area contributed by atoms with Gasteiger partial charge in [-0.05, 0) is 24.2 Å². The van der Waals surface area contributed by atoms with E-state index in [-0.39, 0.29) is 28.3 Å². The molecule has 7 nitrogen and oxygen atoms in total. The molecule has 0 saturated carbocycles. The number of hydrogen-bond donors (Lipinski definition) is 2. The van der Waals surface area contributed by atoms with Crippen molar-refractivity contribution < 1.29 is 23.8 Å². The molecule has 0 saturated heterocycles. The van der Waals surface area contributed by atoms with Gasteiger partial charge in [0.05, 0.1) is 16.1 Å². The van der Waals surface area contributed by atoms with Crippen LogP contribution in [0.3, 0.4) is 0 Å². The van der Waals surface area contributed by atoms with Crippen LogP contribution < -0.4 is 10.1 Å². The van der Waals surface area contributed by atoms with Gasteiger partial charge in [0, 0.05) is 26.9 Å². The highest BCUT2D eigenvalue weighted by Crippen LogP contribution is 2.40. The summed E-state index contributed by atoms with van der Waals surface area (Å²) < 4.78 is 27.4. The summed E-state index contributed by atoms with van der Waals surface area (Å²) >= 11 is 12.9. The number of halogens is 3. The largest absolute Gasteiger partial charge is 0.465 e. The van der Waals surface area contributed by atoms with Gasteiger partial charge >= 0.3 is 6.09 Å². The number of amides is 1. The Morgan fingerprint density at radius 2 is 2.03 bits per heavy atom. The molecule has 0 aliphatic heterocycles. The third kappa shape index (κ3) is 5.68. The predicted octanol–water partition coefficient (Wildman–Crippen LogP) is 6.68. The van der Waals surface area contributed by atoms with E-state index in [1.807, 2.05) is 5.32 Å². The second kappa shape index (κ2) is 9.43. The van der Waals surface area contributed by atoms with Crippen molar-refractivity contribution in [1.82, 2.24) is 9.55 Å². The van der Waals surface area contributed by atoms with Crippen LogP contribution in [0.1, 0.15) is 0 Å². The summed E-state index contributed by atoms with van der Waals surface area (Å²) in [6.45, 7) is 7.60. The maximum absolute atomic E-state index is 14.1. The zero-order valence-electron chi connectivity index (χ0n) is 17.2. The molecule has 1 amide bonds. The van der Waals surface area contributed by atoms with E-state index in [1.165, 1.54) is 18.3 Å². The van der Waals surface area contributed by atoms with Crippen molar-refractivity contribution in [1.29, 1.82) is 0 Å². The maximum Gasteiger partial charge on any atom is 0.409 e. The van der Waals surface area contributed by atoms with E-state index in [0.29, 0.717) is 23.4 Å². The zero-order valence-corrected chi connectivity index (χ0v) is 19.7. The fraction of sp³-hybridized carbons (Fsp3) is 0.300. The summed E-state index contributed by atoms with van der Waals surface area (Å²) in [5.41, 5.74) is 0.299. The third-order valence-electron chi connectivity index (χ3n) is 4.41. The molecule has 0 fully saturated rings. The van der Waals surface area contributed by atoms with Gasteiger partial charge in [-0.2, -0.15) is 0 Å². The monoisotopic (exact) mass is 485 g/mol. The van der Waals surface area contributed by atoms with E-state index in [2.05, 4.69) is 24.6 Å². The standard InChI is InChI=1S/C20H22Cl2FN3O4Si/c1-31(2,3)9-8-29-11-26-18(22)17(21)16-15(6-7-24-19(16)26)30-12-4-5-14(13(23)10-12)25-20(27)28/h4-7,10,25H,8-9,11H2,1-3H3,(H,27,28). The molecule has 0 bridgehead atoms. The summed E-state index contributed by atoms with van der Waals surface area (Å²) in [7, 11) is -1.22.